The molecule has 1 aliphatic rings. The van der Waals surface area contributed by atoms with Gasteiger partial charge in [-0.05, 0) is 80.2 Å². The summed E-state index contributed by atoms with van der Waals surface area (Å²) in [5.41, 5.74) is 0.571. The Balaban J connectivity index is 1.61. The van der Waals surface area contributed by atoms with Crippen molar-refractivity contribution >= 4 is 0 Å². The van der Waals surface area contributed by atoms with Crippen LogP contribution in [0.4, 0.5) is 13.2 Å². The molecule has 0 bridgehead atoms. The maximum absolute atomic E-state index is 14.5. The first kappa shape index (κ1) is 22.0. The monoisotopic (exact) mass is 413 g/mol. The van der Waals surface area contributed by atoms with Crippen LogP contribution in [0.25, 0.3) is 0 Å². The Hall–Kier alpha value is -2.74. The summed E-state index contributed by atoms with van der Waals surface area (Å²) in [6.45, 7) is 2.13. The minimum absolute atomic E-state index is 0.217. The van der Waals surface area contributed by atoms with Gasteiger partial charge in [-0.15, -0.1) is 0 Å². The highest BCUT2D eigenvalue weighted by Gasteiger charge is 2.35. The lowest BCUT2D eigenvalue weighted by Crippen LogP contribution is -2.22. The standard InChI is InChI=1S/C25H26F3NO/c1-2-3-4-5-18-6-8-19(9-7-18)20-10-13-22(14-11-20)25(27,28)30-23-15-12-21(17-29)24(26)16-23/h3-4,10-16,18-19H,2,5-9H2,1H3/b4-3-/t18-,19-. The molecule has 0 heterocycles. The number of benzene rings is 2. The molecule has 0 amide bonds. The lowest BCUT2D eigenvalue weighted by Gasteiger charge is -2.28. The van der Waals surface area contributed by atoms with E-state index in [0.717, 1.165) is 62.3 Å². The zero-order chi connectivity index (χ0) is 21.6. The summed E-state index contributed by atoms with van der Waals surface area (Å²) in [4.78, 5) is 0. The van der Waals surface area contributed by atoms with E-state index in [0.29, 0.717) is 11.8 Å². The van der Waals surface area contributed by atoms with Crippen molar-refractivity contribution in [3.05, 3.63) is 77.1 Å². The van der Waals surface area contributed by atoms with Crippen LogP contribution in [0.3, 0.4) is 0 Å². The van der Waals surface area contributed by atoms with Crippen LogP contribution >= 0.6 is 0 Å². The van der Waals surface area contributed by atoms with E-state index in [9.17, 15) is 13.2 Å². The van der Waals surface area contributed by atoms with Crippen LogP contribution in [-0.2, 0) is 6.11 Å². The van der Waals surface area contributed by atoms with Crippen LogP contribution in [0.2, 0.25) is 0 Å². The number of hydrogen-bond donors (Lipinski definition) is 0. The molecule has 1 aliphatic carbocycles. The average Bonchev–Trinajstić information content (AvgIpc) is 2.74. The molecule has 5 heteroatoms. The van der Waals surface area contributed by atoms with Gasteiger partial charge in [-0.1, -0.05) is 31.2 Å². The maximum Gasteiger partial charge on any atom is 0.426 e. The second kappa shape index (κ2) is 9.84. The van der Waals surface area contributed by atoms with Crippen LogP contribution in [0.1, 0.15) is 68.1 Å². The van der Waals surface area contributed by atoms with E-state index in [-0.39, 0.29) is 16.9 Å². The summed E-state index contributed by atoms with van der Waals surface area (Å²) >= 11 is 0. The predicted molar refractivity (Wildman–Crippen MR) is 111 cm³/mol. The molecule has 1 fully saturated rings. The van der Waals surface area contributed by atoms with Crippen LogP contribution in [0.5, 0.6) is 5.75 Å². The third-order valence-corrected chi connectivity index (χ3v) is 5.74. The quantitative estimate of drug-likeness (QED) is 0.442. The van der Waals surface area contributed by atoms with E-state index in [2.05, 4.69) is 19.1 Å². The Bertz CT molecular complexity index is 907. The highest BCUT2D eigenvalue weighted by Crippen LogP contribution is 2.38. The van der Waals surface area contributed by atoms with Gasteiger partial charge < -0.3 is 4.74 Å². The molecule has 2 aromatic carbocycles. The molecule has 30 heavy (non-hydrogen) atoms. The number of alkyl halides is 2. The van der Waals surface area contributed by atoms with Gasteiger partial charge in [0.1, 0.15) is 17.6 Å². The van der Waals surface area contributed by atoms with E-state index in [1.165, 1.54) is 12.1 Å². The summed E-state index contributed by atoms with van der Waals surface area (Å²) in [6, 6.07) is 11.0. The number of ether oxygens (including phenoxy) is 1. The third kappa shape index (κ3) is 5.44. The third-order valence-electron chi connectivity index (χ3n) is 5.74. The topological polar surface area (TPSA) is 33.0 Å². The molecule has 0 radical (unpaired) electrons. The number of nitriles is 1. The molecule has 0 unspecified atom stereocenters. The van der Waals surface area contributed by atoms with E-state index < -0.39 is 11.9 Å². The molecule has 0 N–H and O–H groups in total. The van der Waals surface area contributed by atoms with Crippen LogP contribution in [-0.4, -0.2) is 0 Å². The Labute approximate surface area is 176 Å². The van der Waals surface area contributed by atoms with Crippen molar-refractivity contribution in [3.8, 4) is 11.8 Å². The smallest absolute Gasteiger partial charge is 0.426 e. The van der Waals surface area contributed by atoms with Gasteiger partial charge in [-0.25, -0.2) is 4.39 Å². The van der Waals surface area contributed by atoms with E-state index in [4.69, 9.17) is 10.00 Å². The van der Waals surface area contributed by atoms with Gasteiger partial charge in [0.05, 0.1) is 11.1 Å². The predicted octanol–water partition coefficient (Wildman–Crippen LogP) is 7.46. The average molecular weight is 413 g/mol. The molecule has 1 saturated carbocycles. The zero-order valence-electron chi connectivity index (χ0n) is 17.1. The van der Waals surface area contributed by atoms with Gasteiger partial charge in [0.15, 0.2) is 0 Å². The lowest BCUT2D eigenvalue weighted by atomic mass is 9.77. The highest BCUT2D eigenvalue weighted by atomic mass is 19.3. The summed E-state index contributed by atoms with van der Waals surface area (Å²) in [6.07, 6.45) is 7.52. The molecule has 0 saturated heterocycles. The number of hydrogen-bond acceptors (Lipinski definition) is 2. The van der Waals surface area contributed by atoms with E-state index in [1.54, 1.807) is 18.2 Å². The summed E-state index contributed by atoms with van der Waals surface area (Å²) in [5.74, 6) is -0.0977. The molecule has 158 valence electrons. The van der Waals surface area contributed by atoms with Crippen molar-refractivity contribution in [2.75, 3.05) is 0 Å². The normalized spacial score (nSPS) is 19.6. The SMILES string of the molecule is CC/C=C\C[C@H]1CC[C@H](c2ccc(C(F)(F)Oc3ccc(C#N)c(F)c3)cc2)CC1. The molecule has 0 spiro atoms. The van der Waals surface area contributed by atoms with Gasteiger partial charge >= 0.3 is 6.11 Å². The molecule has 2 nitrogen and oxygen atoms in total. The van der Waals surface area contributed by atoms with Crippen molar-refractivity contribution < 1.29 is 17.9 Å². The minimum Gasteiger partial charge on any atom is -0.429 e. The fourth-order valence-corrected chi connectivity index (χ4v) is 3.99. The fourth-order valence-electron chi connectivity index (χ4n) is 3.99. The Morgan fingerprint density at radius 1 is 1.07 bits per heavy atom. The fraction of sp³-hybridized carbons (Fsp3) is 0.400. The van der Waals surface area contributed by atoms with Gasteiger partial charge in [0.25, 0.3) is 0 Å². The number of halogens is 3. The minimum atomic E-state index is -3.59. The summed E-state index contributed by atoms with van der Waals surface area (Å²) in [5, 5.41) is 8.73. The highest BCUT2D eigenvalue weighted by molar-refractivity contribution is 5.37. The largest absolute Gasteiger partial charge is 0.429 e. The van der Waals surface area contributed by atoms with E-state index in [1.807, 2.05) is 0 Å². The first-order valence-corrected chi connectivity index (χ1v) is 10.4. The van der Waals surface area contributed by atoms with Crippen molar-refractivity contribution in [2.24, 2.45) is 5.92 Å². The molecule has 2 aromatic rings. The Kier molecular flexibility index (Phi) is 7.20. The van der Waals surface area contributed by atoms with Gasteiger partial charge in [-0.2, -0.15) is 14.0 Å². The second-order valence-electron chi connectivity index (χ2n) is 7.83. The number of nitrogens with zero attached hydrogens (tertiary/aromatic N) is 1. The molecule has 0 aliphatic heterocycles. The second-order valence-corrected chi connectivity index (χ2v) is 7.83. The molecular formula is C25H26F3NO. The van der Waals surface area contributed by atoms with Crippen LogP contribution in [0, 0.1) is 23.1 Å². The zero-order valence-corrected chi connectivity index (χ0v) is 17.1. The molecular weight excluding hydrogens is 387 g/mol. The summed E-state index contributed by atoms with van der Waals surface area (Å²) < 4.78 is 47.4. The first-order valence-electron chi connectivity index (χ1n) is 10.4. The van der Waals surface area contributed by atoms with Gasteiger partial charge in [0.2, 0.25) is 0 Å². The molecule has 0 aromatic heterocycles. The Morgan fingerprint density at radius 3 is 2.37 bits per heavy atom. The number of rotatable bonds is 7. The van der Waals surface area contributed by atoms with Crippen LogP contribution in [0.15, 0.2) is 54.6 Å². The summed E-state index contributed by atoms with van der Waals surface area (Å²) in [7, 11) is 0. The molecule has 3 rings (SSSR count). The molecule has 0 atom stereocenters. The number of allylic oxidation sites excluding steroid dienone is 2. The van der Waals surface area contributed by atoms with Gasteiger partial charge in [-0.3, -0.25) is 0 Å². The lowest BCUT2D eigenvalue weighted by molar-refractivity contribution is -0.185. The van der Waals surface area contributed by atoms with E-state index >= 15 is 0 Å². The van der Waals surface area contributed by atoms with Crippen molar-refractivity contribution in [3.63, 3.8) is 0 Å². The van der Waals surface area contributed by atoms with Gasteiger partial charge in [0, 0.05) is 6.07 Å². The van der Waals surface area contributed by atoms with Crippen molar-refractivity contribution in [2.45, 2.75) is 57.5 Å². The van der Waals surface area contributed by atoms with Crippen LogP contribution < -0.4 is 4.74 Å². The Morgan fingerprint density at radius 2 is 1.77 bits per heavy atom. The van der Waals surface area contributed by atoms with Crippen molar-refractivity contribution in [1.82, 2.24) is 0 Å². The first-order chi connectivity index (χ1) is 14.4. The van der Waals surface area contributed by atoms with Crippen molar-refractivity contribution in [1.29, 1.82) is 5.26 Å². The maximum atomic E-state index is 14.5.